The molecule has 1 aromatic heterocycles. The number of methoxy groups -OCH3 is 1. The first-order chi connectivity index (χ1) is 13.1. The highest BCUT2D eigenvalue weighted by Gasteiger charge is 2.29. The fourth-order valence-electron chi connectivity index (χ4n) is 4.44. The van der Waals surface area contributed by atoms with Crippen LogP contribution >= 0.6 is 0 Å². The summed E-state index contributed by atoms with van der Waals surface area (Å²) in [6.45, 7) is 1.55. The molecule has 142 valence electrons. The second kappa shape index (κ2) is 7.67. The molecule has 1 amide bonds. The van der Waals surface area contributed by atoms with Gasteiger partial charge in [0.05, 0.1) is 12.7 Å². The number of hydrogen-bond acceptors (Lipinski definition) is 3. The van der Waals surface area contributed by atoms with Crippen molar-refractivity contribution < 1.29 is 14.5 Å². The topological polar surface area (TPSA) is 65.4 Å². The predicted octanol–water partition coefficient (Wildman–Crippen LogP) is 3.75. The number of ether oxygens (including phenoxy) is 1. The van der Waals surface area contributed by atoms with Gasteiger partial charge >= 0.3 is 0 Å². The van der Waals surface area contributed by atoms with Gasteiger partial charge in [0.1, 0.15) is 11.4 Å². The van der Waals surface area contributed by atoms with E-state index < -0.39 is 0 Å². The zero-order chi connectivity index (χ0) is 18.8. The molecule has 0 saturated heterocycles. The molecular formula is C22H28N3O2+. The van der Waals surface area contributed by atoms with Crippen molar-refractivity contribution in [2.75, 3.05) is 12.4 Å². The minimum atomic E-state index is -0.0679. The number of amides is 1. The maximum atomic E-state index is 11.7. The summed E-state index contributed by atoms with van der Waals surface area (Å²) in [5.41, 5.74) is 5.67. The Kier molecular flexibility index (Phi) is 5.10. The van der Waals surface area contributed by atoms with E-state index in [0.717, 1.165) is 42.1 Å². The third-order valence-electron chi connectivity index (χ3n) is 5.82. The summed E-state index contributed by atoms with van der Waals surface area (Å²) in [7, 11) is 1.70. The molecule has 1 aromatic carbocycles. The first kappa shape index (κ1) is 18.0. The summed E-state index contributed by atoms with van der Waals surface area (Å²) in [6.07, 6.45) is 9.22. The van der Waals surface area contributed by atoms with Crippen LogP contribution in [0.5, 0.6) is 5.75 Å². The highest BCUT2D eigenvalue weighted by atomic mass is 16.5. The van der Waals surface area contributed by atoms with E-state index in [0.29, 0.717) is 11.7 Å². The highest BCUT2D eigenvalue weighted by molar-refractivity contribution is 5.88. The Balaban J connectivity index is 1.74. The van der Waals surface area contributed by atoms with Crippen molar-refractivity contribution in [2.45, 2.75) is 58.3 Å². The summed E-state index contributed by atoms with van der Waals surface area (Å²) in [4.78, 5) is 20.2. The van der Waals surface area contributed by atoms with Gasteiger partial charge in [-0.1, -0.05) is 19.3 Å². The maximum Gasteiger partial charge on any atom is 0.233 e. The van der Waals surface area contributed by atoms with Crippen LogP contribution in [0.25, 0.3) is 11.3 Å². The number of carbonyl (C=O) groups excluding carboxylic acids is 1. The summed E-state index contributed by atoms with van der Waals surface area (Å²) in [5.74, 6) is 2.20. The van der Waals surface area contributed by atoms with E-state index in [4.69, 9.17) is 9.72 Å². The number of fused-ring (bicyclic) bond motifs is 3. The number of hydrogen-bond donors (Lipinski definition) is 1. The Bertz CT molecular complexity index is 857. The first-order valence-corrected chi connectivity index (χ1v) is 10.0. The van der Waals surface area contributed by atoms with E-state index in [1.54, 1.807) is 14.0 Å². The molecule has 1 heterocycles. The largest absolute Gasteiger partial charge is 0.497 e. The molecule has 2 N–H and O–H groups in total. The van der Waals surface area contributed by atoms with Gasteiger partial charge < -0.3 is 10.1 Å². The molecule has 2 aromatic rings. The number of anilines is 1. The second-order valence-corrected chi connectivity index (χ2v) is 7.80. The van der Waals surface area contributed by atoms with Crippen LogP contribution in [0.3, 0.4) is 0 Å². The molecule has 0 atom stereocenters. The van der Waals surface area contributed by atoms with Crippen LogP contribution in [0.1, 0.15) is 56.0 Å². The molecule has 0 unspecified atom stereocenters. The average Bonchev–Trinajstić information content (AvgIpc) is 2.68. The number of nitrogens with one attached hydrogen (secondary N) is 2. The minimum Gasteiger partial charge on any atom is -0.497 e. The fourth-order valence-corrected chi connectivity index (χ4v) is 4.44. The third-order valence-corrected chi connectivity index (χ3v) is 5.82. The molecule has 1 saturated carbocycles. The van der Waals surface area contributed by atoms with Crippen molar-refractivity contribution in [3.8, 4) is 17.0 Å². The number of aromatic nitrogens is 2. The molecule has 0 spiro atoms. The fraction of sp³-hybridized carbons (Fsp3) is 0.500. The molecule has 5 nitrogen and oxygen atoms in total. The van der Waals surface area contributed by atoms with Gasteiger partial charge in [-0.05, 0) is 48.9 Å². The van der Waals surface area contributed by atoms with E-state index in [1.807, 2.05) is 6.07 Å². The quantitative estimate of drug-likeness (QED) is 0.896. The maximum absolute atomic E-state index is 11.7. The standard InChI is InChI=1S/C22H27N3O2/c1-14(26)23-22-20(12-15-6-4-3-5-7-15)24-21-18-10-9-17(27-2)13-16(18)8-11-19(21)25-22/h9-10,13,15H,3-8,11-12H2,1-2H3,(H,23,25,26)/p+1. The second-order valence-electron chi connectivity index (χ2n) is 7.80. The molecule has 0 aliphatic heterocycles. The van der Waals surface area contributed by atoms with Crippen molar-refractivity contribution in [1.82, 2.24) is 4.98 Å². The average molecular weight is 366 g/mol. The SMILES string of the molecule is COc1ccc2c(c1)CCc1nc(NC(C)=O)c(CC3CCCCC3)[nH+]c1-2. The molecule has 5 heteroatoms. The predicted molar refractivity (Wildman–Crippen MR) is 105 cm³/mol. The van der Waals surface area contributed by atoms with Crippen molar-refractivity contribution in [3.63, 3.8) is 0 Å². The van der Waals surface area contributed by atoms with E-state index in [2.05, 4.69) is 22.4 Å². The zero-order valence-electron chi connectivity index (χ0n) is 16.2. The molecule has 4 rings (SSSR count). The Morgan fingerprint density at radius 1 is 1.26 bits per heavy atom. The van der Waals surface area contributed by atoms with Crippen LogP contribution in [-0.4, -0.2) is 18.0 Å². The molecular weight excluding hydrogens is 338 g/mol. The van der Waals surface area contributed by atoms with Gasteiger partial charge in [-0.25, -0.2) is 9.97 Å². The van der Waals surface area contributed by atoms with Crippen LogP contribution in [-0.2, 0) is 24.1 Å². The Labute approximate surface area is 160 Å². The van der Waals surface area contributed by atoms with Crippen LogP contribution in [0.15, 0.2) is 18.2 Å². The lowest BCUT2D eigenvalue weighted by molar-refractivity contribution is -0.378. The third kappa shape index (κ3) is 3.82. The van der Waals surface area contributed by atoms with Gasteiger partial charge in [0, 0.05) is 19.8 Å². The highest BCUT2D eigenvalue weighted by Crippen LogP contribution is 2.34. The number of rotatable bonds is 4. The lowest BCUT2D eigenvalue weighted by Crippen LogP contribution is -2.27. The zero-order valence-corrected chi connectivity index (χ0v) is 16.2. The monoisotopic (exact) mass is 366 g/mol. The number of aryl methyl sites for hydroxylation is 2. The van der Waals surface area contributed by atoms with Gasteiger partial charge in [-0.2, -0.15) is 0 Å². The Morgan fingerprint density at radius 2 is 2.07 bits per heavy atom. The van der Waals surface area contributed by atoms with Crippen molar-refractivity contribution in [3.05, 3.63) is 35.2 Å². The van der Waals surface area contributed by atoms with Crippen LogP contribution in [0.2, 0.25) is 0 Å². The van der Waals surface area contributed by atoms with Gasteiger partial charge in [0.2, 0.25) is 23.1 Å². The van der Waals surface area contributed by atoms with Crippen LogP contribution in [0, 0.1) is 5.92 Å². The lowest BCUT2D eigenvalue weighted by atomic mass is 9.85. The van der Waals surface area contributed by atoms with Crippen molar-refractivity contribution in [2.24, 2.45) is 5.92 Å². The van der Waals surface area contributed by atoms with Gasteiger partial charge in [-0.3, -0.25) is 4.79 Å². The Morgan fingerprint density at radius 3 is 2.81 bits per heavy atom. The van der Waals surface area contributed by atoms with Crippen molar-refractivity contribution >= 4 is 11.7 Å². The van der Waals surface area contributed by atoms with Gasteiger partial charge in [-0.15, -0.1) is 0 Å². The molecule has 0 bridgehead atoms. The summed E-state index contributed by atoms with van der Waals surface area (Å²) >= 11 is 0. The molecule has 0 radical (unpaired) electrons. The molecule has 1 fully saturated rings. The van der Waals surface area contributed by atoms with Crippen LogP contribution in [0.4, 0.5) is 5.82 Å². The Hall–Kier alpha value is -2.43. The molecule has 2 aliphatic carbocycles. The van der Waals surface area contributed by atoms with E-state index in [9.17, 15) is 4.79 Å². The number of carbonyl (C=O) groups is 1. The van der Waals surface area contributed by atoms with Gasteiger partial charge in [0.15, 0.2) is 0 Å². The summed E-state index contributed by atoms with van der Waals surface area (Å²) < 4.78 is 5.38. The van der Waals surface area contributed by atoms with Gasteiger partial charge in [0.25, 0.3) is 0 Å². The summed E-state index contributed by atoms with van der Waals surface area (Å²) in [5, 5.41) is 2.95. The van der Waals surface area contributed by atoms with E-state index >= 15 is 0 Å². The minimum absolute atomic E-state index is 0.0679. The van der Waals surface area contributed by atoms with E-state index in [1.165, 1.54) is 43.2 Å². The van der Waals surface area contributed by atoms with Crippen molar-refractivity contribution in [1.29, 1.82) is 0 Å². The number of benzene rings is 1. The molecule has 27 heavy (non-hydrogen) atoms. The van der Waals surface area contributed by atoms with E-state index in [-0.39, 0.29) is 5.91 Å². The molecule has 2 aliphatic rings. The smallest absolute Gasteiger partial charge is 0.233 e. The normalized spacial score (nSPS) is 16.4. The first-order valence-electron chi connectivity index (χ1n) is 10.0. The number of aromatic amines is 1. The van der Waals surface area contributed by atoms with Crippen LogP contribution < -0.4 is 15.0 Å². The summed E-state index contributed by atoms with van der Waals surface area (Å²) in [6, 6.07) is 6.24. The lowest BCUT2D eigenvalue weighted by Gasteiger charge is -2.21. The number of nitrogens with zero attached hydrogens (tertiary/aromatic N) is 1. The number of H-pyrrole nitrogens is 1.